The van der Waals surface area contributed by atoms with Crippen LogP contribution in [-0.4, -0.2) is 9.90 Å². The van der Waals surface area contributed by atoms with Gasteiger partial charge in [0.15, 0.2) is 16.7 Å². The molecule has 2 heterocycles. The number of hydrogen-bond donors (Lipinski definition) is 0. The molecular weight excluding hydrogens is 399 g/mol. The molecule has 0 saturated heterocycles. The van der Waals surface area contributed by atoms with Gasteiger partial charge in [-0.2, -0.15) is 13.2 Å². The Bertz CT molecular complexity index is 1120. The van der Waals surface area contributed by atoms with Gasteiger partial charge in [-0.25, -0.2) is 0 Å². The van der Waals surface area contributed by atoms with E-state index in [0.717, 1.165) is 22.2 Å². The maximum Gasteiger partial charge on any atom is 0.416 e. The van der Waals surface area contributed by atoms with Crippen molar-refractivity contribution in [1.82, 2.24) is 9.90 Å². The first-order valence-corrected chi connectivity index (χ1v) is 8.02. The van der Waals surface area contributed by atoms with Gasteiger partial charge >= 0.3 is 6.18 Å². The molecule has 126 valence electrons. The van der Waals surface area contributed by atoms with E-state index in [-0.39, 0.29) is 11.2 Å². The third kappa shape index (κ3) is 2.53. The molecule has 0 bridgehead atoms. The van der Waals surface area contributed by atoms with Gasteiger partial charge in [-0.1, -0.05) is 22.7 Å². The standard InChI is InChI=1S/C17H9BrF3N3O/c18-13-9-15-16(25)23(11-5-3-4-10(8-11)17(19,20)21)22-24(15)14-7-2-1-6-12(13)14/h1-9H. The molecule has 4 nitrogen and oxygen atoms in total. The zero-order valence-corrected chi connectivity index (χ0v) is 14.0. The quantitative estimate of drug-likeness (QED) is 0.452. The third-order valence-electron chi connectivity index (χ3n) is 3.89. The van der Waals surface area contributed by atoms with Crippen molar-refractivity contribution >= 4 is 32.3 Å². The molecule has 0 amide bonds. The van der Waals surface area contributed by atoms with Crippen LogP contribution in [0.2, 0.25) is 0 Å². The number of nitrogens with zero attached hydrogens (tertiary/aromatic N) is 3. The topological polar surface area (TPSA) is 45.0 Å². The van der Waals surface area contributed by atoms with E-state index < -0.39 is 17.6 Å². The fraction of sp³-hybridized carbons (Fsp3) is 0.0588. The van der Waals surface area contributed by atoms with Gasteiger partial charge < -0.3 is 5.11 Å². The Hall–Kier alpha value is -2.61. The Morgan fingerprint density at radius 3 is 2.52 bits per heavy atom. The summed E-state index contributed by atoms with van der Waals surface area (Å²) in [5.74, 6) is -0.495. The average molecular weight is 408 g/mol. The summed E-state index contributed by atoms with van der Waals surface area (Å²) in [6.45, 7) is 0. The van der Waals surface area contributed by atoms with Gasteiger partial charge in [0.2, 0.25) is 0 Å². The van der Waals surface area contributed by atoms with Crippen LogP contribution in [0.3, 0.4) is 0 Å². The summed E-state index contributed by atoms with van der Waals surface area (Å²) in [5, 5.41) is 17.7. The number of fused-ring (bicyclic) bond motifs is 3. The van der Waals surface area contributed by atoms with Crippen LogP contribution in [0.5, 0.6) is 5.88 Å². The molecule has 0 unspecified atom stereocenters. The monoisotopic (exact) mass is 407 g/mol. The van der Waals surface area contributed by atoms with Crippen molar-refractivity contribution in [2.45, 2.75) is 6.18 Å². The van der Waals surface area contributed by atoms with Crippen molar-refractivity contribution in [3.8, 4) is 11.6 Å². The molecule has 0 aliphatic heterocycles. The van der Waals surface area contributed by atoms with Crippen LogP contribution in [0.1, 0.15) is 5.56 Å². The summed E-state index contributed by atoms with van der Waals surface area (Å²) in [6, 6.07) is 13.4. The number of halogens is 4. The van der Waals surface area contributed by atoms with E-state index in [0.29, 0.717) is 9.99 Å². The van der Waals surface area contributed by atoms with Gasteiger partial charge in [0.25, 0.3) is 0 Å². The van der Waals surface area contributed by atoms with Crippen LogP contribution >= 0.6 is 15.9 Å². The maximum atomic E-state index is 12.9. The number of aromatic nitrogens is 3. The number of pyridine rings is 1. The second-order valence-corrected chi connectivity index (χ2v) is 6.32. The van der Waals surface area contributed by atoms with Crippen molar-refractivity contribution in [1.29, 1.82) is 0 Å². The second kappa shape index (κ2) is 5.45. The highest BCUT2D eigenvalue weighted by molar-refractivity contribution is 9.10. The summed E-state index contributed by atoms with van der Waals surface area (Å²) in [6.07, 6.45) is -4.49. The number of benzene rings is 2. The fourth-order valence-electron chi connectivity index (χ4n) is 2.72. The molecule has 2 aromatic heterocycles. The van der Waals surface area contributed by atoms with Gasteiger partial charge in [-0.3, -0.25) is 0 Å². The van der Waals surface area contributed by atoms with E-state index in [4.69, 9.17) is 0 Å². The number of alkyl halides is 3. The molecule has 4 aromatic rings. The average Bonchev–Trinajstić information content (AvgIpc) is 2.92. The van der Waals surface area contributed by atoms with Crippen molar-refractivity contribution in [2.75, 3.05) is 0 Å². The Balaban J connectivity index is 2.01. The summed E-state index contributed by atoms with van der Waals surface area (Å²) in [7, 11) is 0. The molecule has 0 saturated carbocycles. The first-order chi connectivity index (χ1) is 11.9. The van der Waals surface area contributed by atoms with Crippen molar-refractivity contribution < 1.29 is 22.8 Å². The predicted octanol–water partition coefficient (Wildman–Crippen LogP) is 3.62. The first kappa shape index (κ1) is 15.9. The minimum atomic E-state index is -4.49. The number of para-hydroxylation sites is 1. The normalized spacial score (nSPS) is 12.2. The van der Waals surface area contributed by atoms with Gasteiger partial charge in [-0.05, 0) is 46.3 Å². The largest absolute Gasteiger partial charge is 0.837 e. The van der Waals surface area contributed by atoms with E-state index in [1.807, 2.05) is 12.1 Å². The summed E-state index contributed by atoms with van der Waals surface area (Å²) >= 11 is 3.42. The first-order valence-electron chi connectivity index (χ1n) is 7.23. The van der Waals surface area contributed by atoms with Crippen molar-refractivity contribution in [3.05, 3.63) is 64.6 Å². The van der Waals surface area contributed by atoms with Gasteiger partial charge in [0.05, 0.1) is 5.56 Å². The van der Waals surface area contributed by atoms with Crippen LogP contribution in [0.15, 0.2) is 59.1 Å². The highest BCUT2D eigenvalue weighted by Gasteiger charge is 2.31. The zero-order chi connectivity index (χ0) is 17.8. The third-order valence-corrected chi connectivity index (χ3v) is 4.55. The lowest BCUT2D eigenvalue weighted by molar-refractivity contribution is -0.556. The van der Waals surface area contributed by atoms with Crippen LogP contribution in [0.4, 0.5) is 13.2 Å². The summed E-state index contributed by atoms with van der Waals surface area (Å²) < 4.78 is 41.9. The van der Waals surface area contributed by atoms with Crippen LogP contribution in [0.25, 0.3) is 22.1 Å². The minimum absolute atomic E-state index is 0.0590. The zero-order valence-electron chi connectivity index (χ0n) is 12.5. The summed E-state index contributed by atoms with van der Waals surface area (Å²) in [4.78, 5) is 0. The molecule has 0 aliphatic carbocycles. The molecule has 0 N–H and O–H groups in total. The van der Waals surface area contributed by atoms with Crippen LogP contribution in [-0.2, 0) is 6.18 Å². The van der Waals surface area contributed by atoms with E-state index in [1.54, 1.807) is 18.2 Å². The molecule has 0 radical (unpaired) electrons. The van der Waals surface area contributed by atoms with E-state index in [2.05, 4.69) is 21.1 Å². The lowest BCUT2D eigenvalue weighted by atomic mass is 10.2. The van der Waals surface area contributed by atoms with Gasteiger partial charge in [-0.15, -0.1) is 4.68 Å². The minimum Gasteiger partial charge on any atom is -0.837 e. The molecule has 2 aromatic carbocycles. The summed E-state index contributed by atoms with van der Waals surface area (Å²) in [5.41, 5.74) is 0.168. The lowest BCUT2D eigenvalue weighted by Gasteiger charge is -2.07. The van der Waals surface area contributed by atoms with E-state index in [9.17, 15) is 18.3 Å². The lowest BCUT2D eigenvalue weighted by Crippen LogP contribution is -2.25. The maximum absolute atomic E-state index is 12.9. The highest BCUT2D eigenvalue weighted by atomic mass is 79.9. The molecule has 0 aliphatic rings. The predicted molar refractivity (Wildman–Crippen MR) is 86.4 cm³/mol. The fourth-order valence-corrected chi connectivity index (χ4v) is 3.27. The number of hydrogen-bond acceptors (Lipinski definition) is 2. The Labute approximate surface area is 147 Å². The molecular formula is C17H9BrF3N3O. The smallest absolute Gasteiger partial charge is 0.416 e. The van der Waals surface area contributed by atoms with E-state index >= 15 is 0 Å². The van der Waals surface area contributed by atoms with Crippen molar-refractivity contribution in [2.24, 2.45) is 0 Å². The van der Waals surface area contributed by atoms with Crippen LogP contribution in [0, 0.1) is 0 Å². The van der Waals surface area contributed by atoms with E-state index in [1.165, 1.54) is 16.6 Å². The molecule has 0 fully saturated rings. The molecule has 4 rings (SSSR count). The molecule has 0 atom stereocenters. The Kier molecular flexibility index (Phi) is 3.47. The molecule has 25 heavy (non-hydrogen) atoms. The number of rotatable bonds is 1. The Morgan fingerprint density at radius 2 is 1.76 bits per heavy atom. The van der Waals surface area contributed by atoms with Gasteiger partial charge in [0, 0.05) is 15.9 Å². The second-order valence-electron chi connectivity index (χ2n) is 5.46. The SMILES string of the molecule is [O-]c1c2cc(Br)c3ccccc3[n+]2nn1-c1cccc(C(F)(F)F)c1. The Morgan fingerprint density at radius 1 is 1.00 bits per heavy atom. The van der Waals surface area contributed by atoms with Crippen molar-refractivity contribution in [3.63, 3.8) is 0 Å². The van der Waals surface area contributed by atoms with Gasteiger partial charge in [0.1, 0.15) is 11.1 Å². The molecule has 8 heteroatoms. The van der Waals surface area contributed by atoms with Crippen LogP contribution < -0.4 is 9.62 Å². The highest BCUT2D eigenvalue weighted by Crippen LogP contribution is 2.31. The molecule has 0 spiro atoms.